The molecule has 2 aromatic rings. The largest absolute Gasteiger partial charge is 0.352 e. The first-order valence-corrected chi connectivity index (χ1v) is 13.4. The highest BCUT2D eigenvalue weighted by Crippen LogP contribution is 2.26. The molecule has 0 bridgehead atoms. The van der Waals surface area contributed by atoms with Crippen molar-refractivity contribution < 1.29 is 9.59 Å². The lowest BCUT2D eigenvalue weighted by atomic mass is 10.1. The Morgan fingerprint density at radius 3 is 2.30 bits per heavy atom. The zero-order valence-corrected chi connectivity index (χ0v) is 22.7. The van der Waals surface area contributed by atoms with Crippen molar-refractivity contribution in [2.45, 2.75) is 58.0 Å². The standard InChI is InChI=1S/C24H28Cl4N2O2S/c1-4-15(3)29-24(32)22(5-2)30(12-16-6-9-19(26)21(28)10-16)23(31)14-33-13-17-7-8-18(25)11-20(17)27/h6-11,15,22H,4-5,12-14H2,1-3H3,(H,29,32). The zero-order valence-electron chi connectivity index (χ0n) is 18.8. The number of thioether (sulfide) groups is 1. The van der Waals surface area contributed by atoms with Crippen molar-refractivity contribution in [3.05, 3.63) is 67.6 Å². The third-order valence-corrected chi connectivity index (χ3v) is 7.51. The second-order valence-electron chi connectivity index (χ2n) is 7.74. The van der Waals surface area contributed by atoms with E-state index in [1.54, 1.807) is 29.2 Å². The maximum Gasteiger partial charge on any atom is 0.243 e. The maximum absolute atomic E-state index is 13.3. The lowest BCUT2D eigenvalue weighted by molar-refractivity contribution is -0.139. The Morgan fingerprint density at radius 2 is 1.70 bits per heavy atom. The van der Waals surface area contributed by atoms with E-state index < -0.39 is 6.04 Å². The van der Waals surface area contributed by atoms with Crippen LogP contribution in [0, 0.1) is 0 Å². The molecule has 0 heterocycles. The molecule has 0 aromatic heterocycles. The first-order valence-electron chi connectivity index (χ1n) is 10.7. The van der Waals surface area contributed by atoms with Crippen LogP contribution in [0.25, 0.3) is 0 Å². The summed E-state index contributed by atoms with van der Waals surface area (Å²) in [5.74, 6) is 0.458. The van der Waals surface area contributed by atoms with Gasteiger partial charge in [-0.15, -0.1) is 11.8 Å². The number of benzene rings is 2. The second kappa shape index (κ2) is 13.7. The Morgan fingerprint density at radius 1 is 0.970 bits per heavy atom. The van der Waals surface area contributed by atoms with Crippen molar-refractivity contribution in [1.29, 1.82) is 0 Å². The Kier molecular flexibility index (Phi) is 11.7. The van der Waals surface area contributed by atoms with Crippen molar-refractivity contribution in [3.63, 3.8) is 0 Å². The molecule has 2 unspecified atom stereocenters. The van der Waals surface area contributed by atoms with Gasteiger partial charge in [-0.05, 0) is 55.2 Å². The first kappa shape index (κ1) is 28.1. The predicted octanol–water partition coefficient (Wildman–Crippen LogP) is 7.26. The molecule has 2 amide bonds. The number of hydrogen-bond donors (Lipinski definition) is 1. The summed E-state index contributed by atoms with van der Waals surface area (Å²) in [5, 5.41) is 4.98. The van der Waals surface area contributed by atoms with Crippen LogP contribution >= 0.6 is 58.2 Å². The number of carbonyl (C=O) groups excluding carboxylic acids is 2. The van der Waals surface area contributed by atoms with Gasteiger partial charge in [-0.25, -0.2) is 0 Å². The van der Waals surface area contributed by atoms with Gasteiger partial charge in [-0.1, -0.05) is 72.4 Å². The lowest BCUT2D eigenvalue weighted by Crippen LogP contribution is -2.51. The van der Waals surface area contributed by atoms with Crippen LogP contribution in [0.1, 0.15) is 44.7 Å². The van der Waals surface area contributed by atoms with Gasteiger partial charge in [0.2, 0.25) is 11.8 Å². The average Bonchev–Trinajstić information content (AvgIpc) is 2.77. The van der Waals surface area contributed by atoms with Crippen LogP contribution in [0.15, 0.2) is 36.4 Å². The van der Waals surface area contributed by atoms with Gasteiger partial charge in [0.1, 0.15) is 6.04 Å². The van der Waals surface area contributed by atoms with Gasteiger partial charge in [-0.3, -0.25) is 9.59 Å². The highest BCUT2D eigenvalue weighted by molar-refractivity contribution is 7.99. The molecule has 0 spiro atoms. The van der Waals surface area contributed by atoms with Gasteiger partial charge in [-0.2, -0.15) is 0 Å². The molecule has 0 aliphatic rings. The summed E-state index contributed by atoms with van der Waals surface area (Å²) in [5.41, 5.74) is 1.70. The van der Waals surface area contributed by atoms with E-state index >= 15 is 0 Å². The summed E-state index contributed by atoms with van der Waals surface area (Å²) in [4.78, 5) is 27.9. The Balaban J connectivity index is 2.18. The highest BCUT2D eigenvalue weighted by atomic mass is 35.5. The summed E-state index contributed by atoms with van der Waals surface area (Å²) < 4.78 is 0. The van der Waals surface area contributed by atoms with E-state index in [0.717, 1.165) is 17.5 Å². The molecule has 9 heteroatoms. The van der Waals surface area contributed by atoms with Crippen molar-refractivity contribution in [2.24, 2.45) is 0 Å². The first-order chi connectivity index (χ1) is 15.7. The number of halogens is 4. The summed E-state index contributed by atoms with van der Waals surface area (Å²) in [6.07, 6.45) is 1.30. The van der Waals surface area contributed by atoms with Gasteiger partial charge in [0.25, 0.3) is 0 Å². The van der Waals surface area contributed by atoms with Crippen LogP contribution in [0.2, 0.25) is 20.1 Å². The highest BCUT2D eigenvalue weighted by Gasteiger charge is 2.29. The summed E-state index contributed by atoms with van der Waals surface area (Å²) in [6.45, 7) is 6.10. The third kappa shape index (κ3) is 8.56. The van der Waals surface area contributed by atoms with Crippen molar-refractivity contribution in [1.82, 2.24) is 10.2 Å². The minimum Gasteiger partial charge on any atom is -0.352 e. The lowest BCUT2D eigenvalue weighted by Gasteiger charge is -2.31. The van der Waals surface area contributed by atoms with Crippen LogP contribution in [0.4, 0.5) is 0 Å². The van der Waals surface area contributed by atoms with Gasteiger partial charge in [0, 0.05) is 28.4 Å². The minimum atomic E-state index is -0.597. The molecule has 0 aliphatic heterocycles. The molecule has 33 heavy (non-hydrogen) atoms. The number of amides is 2. The maximum atomic E-state index is 13.3. The van der Waals surface area contributed by atoms with Crippen LogP contribution in [0.3, 0.4) is 0 Å². The SMILES string of the molecule is CCC(C)NC(=O)C(CC)N(Cc1ccc(Cl)c(Cl)c1)C(=O)CSCc1ccc(Cl)cc1Cl. The van der Waals surface area contributed by atoms with E-state index in [0.29, 0.717) is 32.3 Å². The number of carbonyl (C=O) groups is 2. The summed E-state index contributed by atoms with van der Waals surface area (Å²) in [6, 6.07) is 9.97. The van der Waals surface area contributed by atoms with E-state index in [4.69, 9.17) is 46.4 Å². The topological polar surface area (TPSA) is 49.4 Å². The van der Waals surface area contributed by atoms with Crippen molar-refractivity contribution in [2.75, 3.05) is 5.75 Å². The molecule has 0 radical (unpaired) electrons. The molecule has 180 valence electrons. The number of rotatable bonds is 11. The molecule has 0 saturated heterocycles. The normalized spacial score (nSPS) is 12.8. The monoisotopic (exact) mass is 548 g/mol. The fourth-order valence-electron chi connectivity index (χ4n) is 3.17. The number of nitrogens with one attached hydrogen (secondary N) is 1. The molecular weight excluding hydrogens is 522 g/mol. The van der Waals surface area contributed by atoms with Crippen molar-refractivity contribution in [3.8, 4) is 0 Å². The summed E-state index contributed by atoms with van der Waals surface area (Å²) in [7, 11) is 0. The molecule has 1 N–H and O–H groups in total. The van der Waals surface area contributed by atoms with Gasteiger partial charge >= 0.3 is 0 Å². The fraction of sp³-hybridized carbons (Fsp3) is 0.417. The van der Waals surface area contributed by atoms with E-state index in [-0.39, 0.29) is 30.2 Å². The van der Waals surface area contributed by atoms with Gasteiger partial charge < -0.3 is 10.2 Å². The van der Waals surface area contributed by atoms with Crippen molar-refractivity contribution >= 4 is 70.0 Å². The zero-order chi connectivity index (χ0) is 24.5. The molecule has 4 nitrogen and oxygen atoms in total. The number of nitrogens with zero attached hydrogens (tertiary/aromatic N) is 1. The summed E-state index contributed by atoms with van der Waals surface area (Å²) >= 11 is 25.9. The van der Waals surface area contributed by atoms with E-state index in [2.05, 4.69) is 5.32 Å². The molecular formula is C24H28Cl4N2O2S. The predicted molar refractivity (Wildman–Crippen MR) is 142 cm³/mol. The molecule has 2 atom stereocenters. The Labute approximate surface area is 220 Å². The second-order valence-corrected chi connectivity index (χ2v) is 10.4. The van der Waals surface area contributed by atoms with Crippen LogP contribution in [-0.2, 0) is 21.9 Å². The van der Waals surface area contributed by atoms with E-state index in [1.807, 2.05) is 32.9 Å². The molecule has 2 aromatic carbocycles. The van der Waals surface area contributed by atoms with E-state index in [1.165, 1.54) is 11.8 Å². The van der Waals surface area contributed by atoms with Gasteiger partial charge in [0.15, 0.2) is 0 Å². The molecule has 0 saturated carbocycles. The number of hydrogen-bond acceptors (Lipinski definition) is 3. The average molecular weight is 550 g/mol. The Hall–Kier alpha value is -1.11. The van der Waals surface area contributed by atoms with Gasteiger partial charge in [0.05, 0.1) is 15.8 Å². The third-order valence-electron chi connectivity index (χ3n) is 5.22. The quantitative estimate of drug-likeness (QED) is 0.321. The molecule has 0 aliphatic carbocycles. The Bertz CT molecular complexity index is 973. The van der Waals surface area contributed by atoms with E-state index in [9.17, 15) is 9.59 Å². The van der Waals surface area contributed by atoms with Crippen LogP contribution < -0.4 is 5.32 Å². The molecule has 0 fully saturated rings. The van der Waals surface area contributed by atoms with Crippen LogP contribution in [-0.4, -0.2) is 34.6 Å². The smallest absolute Gasteiger partial charge is 0.243 e. The molecule has 2 rings (SSSR count). The fourth-order valence-corrected chi connectivity index (χ4v) is 4.95. The minimum absolute atomic E-state index is 0.0231. The van der Waals surface area contributed by atoms with Crippen LogP contribution in [0.5, 0.6) is 0 Å².